The van der Waals surface area contributed by atoms with Crippen LogP contribution < -0.4 is 16.0 Å². The summed E-state index contributed by atoms with van der Waals surface area (Å²) in [5.74, 6) is -1.88. The highest BCUT2D eigenvalue weighted by atomic mass is 16.2. The molecule has 0 radical (unpaired) electrons. The third-order valence-corrected chi connectivity index (χ3v) is 6.45. The minimum absolute atomic E-state index is 0.0168. The first kappa shape index (κ1) is 19.7. The lowest BCUT2D eigenvalue weighted by Gasteiger charge is -2.38. The lowest BCUT2D eigenvalue weighted by atomic mass is 9.85. The van der Waals surface area contributed by atoms with E-state index in [4.69, 9.17) is 0 Å². The van der Waals surface area contributed by atoms with Gasteiger partial charge in [0, 0.05) is 18.5 Å². The SMILES string of the molecule is CCC1(NCc2cccc3c2C(=O)N(C2CCC(=O)NC2=O)C3=O)CCNCC1. The third kappa shape index (κ3) is 3.47. The van der Waals surface area contributed by atoms with E-state index >= 15 is 0 Å². The van der Waals surface area contributed by atoms with Gasteiger partial charge >= 0.3 is 0 Å². The molecule has 1 unspecified atom stereocenters. The average Bonchev–Trinajstić information content (AvgIpc) is 2.98. The molecule has 4 amide bonds. The van der Waals surface area contributed by atoms with E-state index in [-0.39, 0.29) is 24.3 Å². The monoisotopic (exact) mass is 398 g/mol. The predicted molar refractivity (Wildman–Crippen MR) is 105 cm³/mol. The smallest absolute Gasteiger partial charge is 0.262 e. The highest BCUT2D eigenvalue weighted by molar-refractivity contribution is 6.24. The van der Waals surface area contributed by atoms with Gasteiger partial charge in [0.1, 0.15) is 6.04 Å². The molecule has 154 valence electrons. The Kier molecular flexibility index (Phi) is 5.23. The van der Waals surface area contributed by atoms with Crippen molar-refractivity contribution in [3.63, 3.8) is 0 Å². The molecule has 0 spiro atoms. The average molecular weight is 398 g/mol. The fourth-order valence-corrected chi connectivity index (χ4v) is 4.58. The van der Waals surface area contributed by atoms with Crippen molar-refractivity contribution in [2.24, 2.45) is 0 Å². The van der Waals surface area contributed by atoms with Gasteiger partial charge in [-0.2, -0.15) is 0 Å². The Bertz CT molecular complexity index is 875. The summed E-state index contributed by atoms with van der Waals surface area (Å²) in [5.41, 5.74) is 1.48. The summed E-state index contributed by atoms with van der Waals surface area (Å²) in [6, 6.07) is 4.32. The van der Waals surface area contributed by atoms with Crippen LogP contribution in [-0.2, 0) is 16.1 Å². The quantitative estimate of drug-likeness (QED) is 0.631. The summed E-state index contributed by atoms with van der Waals surface area (Å²) in [5, 5.41) is 9.23. The van der Waals surface area contributed by atoms with Crippen LogP contribution in [0.4, 0.5) is 0 Å². The number of carbonyl (C=O) groups excluding carboxylic acids is 4. The van der Waals surface area contributed by atoms with Crippen molar-refractivity contribution in [3.8, 4) is 0 Å². The van der Waals surface area contributed by atoms with E-state index in [2.05, 4.69) is 22.9 Å². The maximum atomic E-state index is 13.2. The Morgan fingerprint density at radius 2 is 1.90 bits per heavy atom. The zero-order chi connectivity index (χ0) is 20.6. The highest BCUT2D eigenvalue weighted by Gasteiger charge is 2.45. The topological polar surface area (TPSA) is 108 Å². The molecule has 1 atom stereocenters. The minimum atomic E-state index is -0.938. The van der Waals surface area contributed by atoms with E-state index in [1.54, 1.807) is 12.1 Å². The summed E-state index contributed by atoms with van der Waals surface area (Å²) >= 11 is 0. The number of imide groups is 2. The normalized spacial score (nSPS) is 23.9. The fourth-order valence-electron chi connectivity index (χ4n) is 4.58. The number of amides is 4. The summed E-state index contributed by atoms with van der Waals surface area (Å²) in [7, 11) is 0. The molecule has 0 aromatic heterocycles. The number of piperidine rings is 2. The van der Waals surface area contributed by atoms with Gasteiger partial charge in [-0.15, -0.1) is 0 Å². The van der Waals surface area contributed by atoms with Crippen LogP contribution in [0.3, 0.4) is 0 Å². The first-order valence-corrected chi connectivity index (χ1v) is 10.2. The number of benzene rings is 1. The maximum absolute atomic E-state index is 13.2. The molecule has 2 fully saturated rings. The molecular weight excluding hydrogens is 372 g/mol. The van der Waals surface area contributed by atoms with Crippen LogP contribution in [0.1, 0.15) is 65.3 Å². The predicted octanol–water partition coefficient (Wildman–Crippen LogP) is 0.710. The second kappa shape index (κ2) is 7.68. The number of nitrogens with one attached hydrogen (secondary N) is 3. The van der Waals surface area contributed by atoms with Crippen LogP contribution in [0.25, 0.3) is 0 Å². The second-order valence-corrected chi connectivity index (χ2v) is 8.02. The molecule has 8 heteroatoms. The van der Waals surface area contributed by atoms with Gasteiger partial charge in [0.05, 0.1) is 11.1 Å². The van der Waals surface area contributed by atoms with Crippen LogP contribution in [0, 0.1) is 0 Å². The molecule has 3 aliphatic heterocycles. The van der Waals surface area contributed by atoms with Crippen LogP contribution >= 0.6 is 0 Å². The van der Waals surface area contributed by atoms with Crippen molar-refractivity contribution in [3.05, 3.63) is 34.9 Å². The standard InChI is InChI=1S/C21H26N4O4/c1-2-21(8-10-22-11-9-21)23-12-13-4-3-5-14-17(13)20(29)25(19(14)28)15-6-7-16(26)24-18(15)27/h3-5,15,22-23H,2,6-12H2,1H3,(H,24,26,27). The molecule has 4 rings (SSSR count). The molecule has 3 heterocycles. The highest BCUT2D eigenvalue weighted by Crippen LogP contribution is 2.31. The fraction of sp³-hybridized carbons (Fsp3) is 0.524. The van der Waals surface area contributed by atoms with Gasteiger partial charge < -0.3 is 10.6 Å². The number of carbonyl (C=O) groups is 4. The molecule has 1 aromatic carbocycles. The lowest BCUT2D eigenvalue weighted by molar-refractivity contribution is -0.136. The molecule has 3 aliphatic rings. The number of rotatable bonds is 5. The molecule has 2 saturated heterocycles. The van der Waals surface area contributed by atoms with Crippen LogP contribution in [0.15, 0.2) is 18.2 Å². The zero-order valence-corrected chi connectivity index (χ0v) is 16.5. The Labute approximate surface area is 169 Å². The van der Waals surface area contributed by atoms with Gasteiger partial charge in [-0.25, -0.2) is 0 Å². The first-order chi connectivity index (χ1) is 14.0. The third-order valence-electron chi connectivity index (χ3n) is 6.45. The van der Waals surface area contributed by atoms with Crippen LogP contribution in [0.5, 0.6) is 0 Å². The molecule has 0 aliphatic carbocycles. The Morgan fingerprint density at radius 1 is 1.14 bits per heavy atom. The van der Waals surface area contributed by atoms with E-state index in [1.807, 2.05) is 6.07 Å². The largest absolute Gasteiger partial charge is 0.317 e. The Hall–Kier alpha value is -2.58. The van der Waals surface area contributed by atoms with Crippen molar-refractivity contribution in [1.29, 1.82) is 0 Å². The summed E-state index contributed by atoms with van der Waals surface area (Å²) in [6.07, 6.45) is 3.28. The van der Waals surface area contributed by atoms with Crippen molar-refractivity contribution in [2.75, 3.05) is 13.1 Å². The molecule has 3 N–H and O–H groups in total. The maximum Gasteiger partial charge on any atom is 0.262 e. The van der Waals surface area contributed by atoms with E-state index in [9.17, 15) is 19.2 Å². The molecule has 8 nitrogen and oxygen atoms in total. The number of nitrogens with zero attached hydrogens (tertiary/aromatic N) is 1. The molecule has 0 saturated carbocycles. The first-order valence-electron chi connectivity index (χ1n) is 10.2. The Morgan fingerprint density at radius 3 is 2.59 bits per heavy atom. The summed E-state index contributed by atoms with van der Waals surface area (Å²) in [4.78, 5) is 50.8. The summed E-state index contributed by atoms with van der Waals surface area (Å²) < 4.78 is 0. The second-order valence-electron chi connectivity index (χ2n) is 8.02. The lowest BCUT2D eigenvalue weighted by Crippen LogP contribution is -2.54. The van der Waals surface area contributed by atoms with Gasteiger partial charge in [-0.05, 0) is 50.4 Å². The van der Waals surface area contributed by atoms with Gasteiger partial charge in [-0.1, -0.05) is 19.1 Å². The van der Waals surface area contributed by atoms with Crippen LogP contribution in [-0.4, -0.2) is 53.2 Å². The van der Waals surface area contributed by atoms with Crippen molar-refractivity contribution >= 4 is 23.6 Å². The van der Waals surface area contributed by atoms with Crippen molar-refractivity contribution in [1.82, 2.24) is 20.9 Å². The minimum Gasteiger partial charge on any atom is -0.317 e. The zero-order valence-electron chi connectivity index (χ0n) is 16.5. The van der Waals surface area contributed by atoms with E-state index in [0.717, 1.165) is 42.8 Å². The van der Waals surface area contributed by atoms with E-state index in [1.165, 1.54) is 0 Å². The van der Waals surface area contributed by atoms with E-state index < -0.39 is 23.8 Å². The number of hydrogen-bond acceptors (Lipinski definition) is 6. The molecule has 1 aromatic rings. The summed E-state index contributed by atoms with van der Waals surface area (Å²) in [6.45, 7) is 4.55. The van der Waals surface area contributed by atoms with Crippen molar-refractivity contribution in [2.45, 2.75) is 57.2 Å². The van der Waals surface area contributed by atoms with Gasteiger partial charge in [0.25, 0.3) is 11.8 Å². The van der Waals surface area contributed by atoms with E-state index in [0.29, 0.717) is 17.7 Å². The van der Waals surface area contributed by atoms with Gasteiger partial charge in [0.2, 0.25) is 11.8 Å². The number of hydrogen-bond donors (Lipinski definition) is 3. The molecule has 29 heavy (non-hydrogen) atoms. The van der Waals surface area contributed by atoms with Gasteiger partial charge in [-0.3, -0.25) is 29.4 Å². The Balaban J connectivity index is 1.58. The van der Waals surface area contributed by atoms with Crippen LogP contribution in [0.2, 0.25) is 0 Å². The molecular formula is C21H26N4O4. The van der Waals surface area contributed by atoms with Gasteiger partial charge in [0.15, 0.2) is 0 Å². The molecule has 0 bridgehead atoms. The van der Waals surface area contributed by atoms with Crippen molar-refractivity contribution < 1.29 is 19.2 Å². The number of fused-ring (bicyclic) bond motifs is 1.